The fourth-order valence-corrected chi connectivity index (χ4v) is 5.65. The number of rotatable bonds is 6. The molecule has 0 spiro atoms. The molecule has 1 aromatic rings. The number of nitrogens with zero attached hydrogens (tertiary/aromatic N) is 4. The van der Waals surface area contributed by atoms with Crippen molar-refractivity contribution in [2.24, 2.45) is 5.92 Å². The number of nitriles is 1. The molecule has 1 aliphatic carbocycles. The number of piperidine rings is 1. The number of alkyl halides is 3. The molecule has 2 saturated heterocycles. The minimum atomic E-state index is -4.91. The lowest BCUT2D eigenvalue weighted by Crippen LogP contribution is -2.65. The maximum atomic E-state index is 13.4. The second-order valence-electron chi connectivity index (χ2n) is 11.6. The lowest BCUT2D eigenvalue weighted by molar-refractivity contribution is -0.188. The van der Waals surface area contributed by atoms with Crippen LogP contribution < -0.4 is 0 Å². The monoisotopic (exact) mass is 520 g/mol. The molecule has 0 N–H and O–H groups in total. The van der Waals surface area contributed by atoms with Gasteiger partial charge in [-0.1, -0.05) is 30.3 Å². The van der Waals surface area contributed by atoms with Crippen molar-refractivity contribution in [3.8, 4) is 6.07 Å². The van der Waals surface area contributed by atoms with Crippen LogP contribution in [0.3, 0.4) is 0 Å². The minimum absolute atomic E-state index is 0.0511. The van der Waals surface area contributed by atoms with E-state index in [4.69, 9.17) is 4.74 Å². The van der Waals surface area contributed by atoms with Gasteiger partial charge in [0.25, 0.3) is 0 Å². The van der Waals surface area contributed by atoms with E-state index in [0.717, 1.165) is 10.5 Å². The highest BCUT2D eigenvalue weighted by molar-refractivity contribution is 5.82. The van der Waals surface area contributed by atoms with Gasteiger partial charge in [0.1, 0.15) is 5.60 Å². The Hall–Kier alpha value is -2.80. The molecule has 0 aromatic heterocycles. The summed E-state index contributed by atoms with van der Waals surface area (Å²) in [4.78, 5) is 29.6. The molecule has 3 fully saturated rings. The molecule has 7 nitrogen and oxygen atoms in total. The lowest BCUT2D eigenvalue weighted by Gasteiger charge is -2.55. The van der Waals surface area contributed by atoms with Crippen molar-refractivity contribution in [2.75, 3.05) is 32.7 Å². The third-order valence-electron chi connectivity index (χ3n) is 7.73. The summed E-state index contributed by atoms with van der Waals surface area (Å²) in [5, 5.41) is 9.51. The molecule has 10 heteroatoms. The quantitative estimate of drug-likeness (QED) is 0.550. The Morgan fingerprint density at radius 1 is 1.14 bits per heavy atom. The van der Waals surface area contributed by atoms with Gasteiger partial charge in [-0.25, -0.2) is 4.79 Å². The number of amides is 2. The van der Waals surface area contributed by atoms with Gasteiger partial charge in [0.15, 0.2) is 0 Å². The second-order valence-corrected chi connectivity index (χ2v) is 11.6. The Balaban J connectivity index is 1.37. The summed E-state index contributed by atoms with van der Waals surface area (Å²) in [6.07, 6.45) is -3.29. The average molecular weight is 521 g/mol. The van der Waals surface area contributed by atoms with E-state index >= 15 is 0 Å². The molecule has 0 radical (unpaired) electrons. The first-order chi connectivity index (χ1) is 17.3. The fraction of sp³-hybridized carbons (Fsp3) is 0.667. The number of hydrogen-bond acceptors (Lipinski definition) is 5. The van der Waals surface area contributed by atoms with Crippen molar-refractivity contribution in [3.05, 3.63) is 35.9 Å². The molecular formula is C27H35F3N4O3. The molecule has 37 heavy (non-hydrogen) atoms. The van der Waals surface area contributed by atoms with E-state index in [1.807, 2.05) is 51.1 Å². The first-order valence-electron chi connectivity index (χ1n) is 12.9. The number of carbonyl (C=O) groups is 2. The lowest BCUT2D eigenvalue weighted by atomic mass is 9.79. The summed E-state index contributed by atoms with van der Waals surface area (Å²) in [7, 11) is 0. The zero-order valence-electron chi connectivity index (χ0n) is 21.6. The van der Waals surface area contributed by atoms with Crippen LogP contribution in [0, 0.1) is 17.2 Å². The molecule has 2 amide bonds. The van der Waals surface area contributed by atoms with Gasteiger partial charge in [-0.3, -0.25) is 9.69 Å². The van der Waals surface area contributed by atoms with Crippen LogP contribution in [0.1, 0.15) is 57.9 Å². The van der Waals surface area contributed by atoms with Crippen LogP contribution in [0.4, 0.5) is 18.0 Å². The predicted octanol–water partition coefficient (Wildman–Crippen LogP) is 4.55. The third-order valence-corrected chi connectivity index (χ3v) is 7.73. The summed E-state index contributed by atoms with van der Waals surface area (Å²) in [6, 6.07) is 11.2. The Morgan fingerprint density at radius 3 is 2.30 bits per heavy atom. The summed E-state index contributed by atoms with van der Waals surface area (Å²) in [5.74, 6) is -1.94. The van der Waals surface area contributed by atoms with E-state index < -0.39 is 29.3 Å². The van der Waals surface area contributed by atoms with Crippen LogP contribution in [0.2, 0.25) is 0 Å². The highest BCUT2D eigenvalue weighted by Crippen LogP contribution is 2.47. The first kappa shape index (κ1) is 27.2. The molecule has 0 unspecified atom stereocenters. The molecular weight excluding hydrogens is 485 g/mol. The van der Waals surface area contributed by atoms with E-state index in [2.05, 4.69) is 11.0 Å². The largest absolute Gasteiger partial charge is 0.471 e. The molecule has 2 heterocycles. The topological polar surface area (TPSA) is 76.9 Å². The summed E-state index contributed by atoms with van der Waals surface area (Å²) < 4.78 is 45.8. The second kappa shape index (κ2) is 10.2. The molecule has 2 aliphatic heterocycles. The van der Waals surface area contributed by atoms with Crippen LogP contribution in [-0.2, 0) is 9.53 Å². The highest BCUT2D eigenvalue weighted by atomic mass is 19.4. The number of ether oxygens (including phenoxy) is 1. The zero-order chi connectivity index (χ0) is 27.0. The summed E-state index contributed by atoms with van der Waals surface area (Å²) >= 11 is 0. The molecule has 202 valence electrons. The van der Waals surface area contributed by atoms with E-state index in [0.29, 0.717) is 45.4 Å². The van der Waals surface area contributed by atoms with Crippen molar-refractivity contribution in [3.63, 3.8) is 0 Å². The first-order valence-corrected chi connectivity index (χ1v) is 12.9. The number of likely N-dealkylation sites (tertiary alicyclic amines) is 2. The van der Waals surface area contributed by atoms with Gasteiger partial charge in [-0.15, -0.1) is 0 Å². The van der Waals surface area contributed by atoms with Crippen LogP contribution in [0.15, 0.2) is 30.3 Å². The van der Waals surface area contributed by atoms with E-state index in [1.165, 1.54) is 0 Å². The molecule has 1 saturated carbocycles. The predicted molar refractivity (Wildman–Crippen MR) is 130 cm³/mol. The number of carbonyl (C=O) groups excluding carboxylic acids is 2. The van der Waals surface area contributed by atoms with Crippen molar-refractivity contribution in [2.45, 2.75) is 75.7 Å². The van der Waals surface area contributed by atoms with Gasteiger partial charge in [-0.05, 0) is 45.6 Å². The Bertz CT molecular complexity index is 1020. The third kappa shape index (κ3) is 6.20. The fourth-order valence-electron chi connectivity index (χ4n) is 5.65. The smallest absolute Gasteiger partial charge is 0.444 e. The van der Waals surface area contributed by atoms with Gasteiger partial charge in [-0.2, -0.15) is 18.4 Å². The molecule has 4 rings (SSSR count). The van der Waals surface area contributed by atoms with Crippen molar-refractivity contribution in [1.29, 1.82) is 5.26 Å². The van der Waals surface area contributed by atoms with Crippen molar-refractivity contribution < 1.29 is 27.5 Å². The highest BCUT2D eigenvalue weighted by Gasteiger charge is 2.54. The van der Waals surface area contributed by atoms with Gasteiger partial charge >= 0.3 is 18.2 Å². The number of halogens is 3. The SMILES string of the molecule is CC(C)(C)OC(=O)N1CCC(CC#N)(N2CC(CN(C(=O)C(F)(F)F)[C@@H]3C[C@H]3c3ccccc3)C2)CC1. The summed E-state index contributed by atoms with van der Waals surface area (Å²) in [6.45, 7) is 7.45. The Morgan fingerprint density at radius 2 is 1.76 bits per heavy atom. The van der Waals surface area contributed by atoms with Gasteiger partial charge in [0.2, 0.25) is 0 Å². The Labute approximate surface area is 216 Å². The average Bonchev–Trinajstić information content (AvgIpc) is 3.58. The molecule has 3 aliphatic rings. The zero-order valence-corrected chi connectivity index (χ0v) is 21.6. The van der Waals surface area contributed by atoms with Crippen LogP contribution in [-0.4, -0.2) is 82.8 Å². The van der Waals surface area contributed by atoms with Crippen molar-refractivity contribution in [1.82, 2.24) is 14.7 Å². The van der Waals surface area contributed by atoms with Crippen molar-refractivity contribution >= 4 is 12.0 Å². The number of hydrogen-bond donors (Lipinski definition) is 0. The number of benzene rings is 1. The van der Waals surface area contributed by atoms with Gasteiger partial charge in [0.05, 0.1) is 12.5 Å². The van der Waals surface area contributed by atoms with E-state index in [9.17, 15) is 28.0 Å². The maximum Gasteiger partial charge on any atom is 0.471 e. The van der Waals surface area contributed by atoms with E-state index in [-0.39, 0.29) is 30.9 Å². The minimum Gasteiger partial charge on any atom is -0.444 e. The molecule has 1 aromatic carbocycles. The molecule has 2 atom stereocenters. The van der Waals surface area contributed by atoms with E-state index in [1.54, 1.807) is 4.90 Å². The molecule has 0 bridgehead atoms. The standard InChI is InChI=1S/C27H35F3N4O3/c1-25(2,3)37-24(36)32-13-10-26(9-12-31,11-14-32)33-16-19(17-33)18-34(23(35)27(28,29)30)22-15-21(22)20-7-5-4-6-8-20/h4-8,19,21-22H,9-11,13-18H2,1-3H3/t21-,22+/m0/s1. The van der Waals surface area contributed by atoms with Gasteiger partial charge in [0, 0.05) is 56.1 Å². The Kier molecular flexibility index (Phi) is 7.48. The van der Waals surface area contributed by atoms with Crippen LogP contribution in [0.25, 0.3) is 0 Å². The van der Waals surface area contributed by atoms with Gasteiger partial charge < -0.3 is 14.5 Å². The summed E-state index contributed by atoms with van der Waals surface area (Å²) in [5.41, 5.74) is -0.0640. The normalized spacial score (nSPS) is 24.1. The maximum absolute atomic E-state index is 13.4. The van der Waals surface area contributed by atoms with Crippen LogP contribution in [0.5, 0.6) is 0 Å². The van der Waals surface area contributed by atoms with Crippen LogP contribution >= 0.6 is 0 Å².